The van der Waals surface area contributed by atoms with Crippen LogP contribution in [0.1, 0.15) is 0 Å². The van der Waals surface area contributed by atoms with Crippen molar-refractivity contribution >= 4 is 54.6 Å². The van der Waals surface area contributed by atoms with E-state index >= 15 is 0 Å². The first-order valence-corrected chi connectivity index (χ1v) is 15.9. The number of para-hydroxylation sites is 2. The summed E-state index contributed by atoms with van der Waals surface area (Å²) < 4.78 is 12.5. The summed E-state index contributed by atoms with van der Waals surface area (Å²) in [6.45, 7) is 0. The predicted molar refractivity (Wildman–Crippen MR) is 194 cm³/mol. The van der Waals surface area contributed by atoms with E-state index < -0.39 is 0 Å². The first kappa shape index (κ1) is 26.6. The molecule has 0 saturated heterocycles. The van der Waals surface area contributed by atoms with Gasteiger partial charge in [0.15, 0.2) is 17.5 Å². The lowest BCUT2D eigenvalue weighted by atomic mass is 9.99. The van der Waals surface area contributed by atoms with Gasteiger partial charge in [0.25, 0.3) is 0 Å². The fourth-order valence-corrected chi connectivity index (χ4v) is 6.86. The number of hydrogen-bond acceptors (Lipinski definition) is 5. The highest BCUT2D eigenvalue weighted by molar-refractivity contribution is 6.12. The predicted octanol–water partition coefficient (Wildman–Crippen LogP) is 11.5. The van der Waals surface area contributed by atoms with Gasteiger partial charge in [-0.2, -0.15) is 0 Å². The summed E-state index contributed by atoms with van der Waals surface area (Å²) in [4.78, 5) is 15.5. The number of hydrogen-bond donors (Lipinski definition) is 0. The van der Waals surface area contributed by atoms with Crippen LogP contribution >= 0.6 is 0 Å². The monoisotopic (exact) mass is 615 g/mol. The Bertz CT molecular complexity index is 2850. The maximum atomic E-state index is 6.25. The molecule has 0 aliphatic rings. The summed E-state index contributed by atoms with van der Waals surface area (Å²) in [5, 5.41) is 6.40. The van der Waals surface area contributed by atoms with E-state index in [1.807, 2.05) is 60.7 Å². The molecule has 10 aromatic rings. The van der Waals surface area contributed by atoms with Crippen molar-refractivity contribution in [1.29, 1.82) is 0 Å². The lowest BCUT2D eigenvalue weighted by molar-refractivity contribution is 0.669. The Labute approximate surface area is 274 Å². The van der Waals surface area contributed by atoms with E-state index in [4.69, 9.17) is 23.8 Å². The number of benzene rings is 7. The van der Waals surface area contributed by atoms with Gasteiger partial charge in [-0.05, 0) is 58.3 Å². The van der Waals surface area contributed by atoms with Crippen LogP contribution in [0.5, 0.6) is 0 Å². The second kappa shape index (κ2) is 10.5. The van der Waals surface area contributed by atoms with Gasteiger partial charge in [-0.3, -0.25) is 0 Å². The summed E-state index contributed by atoms with van der Waals surface area (Å²) in [5.41, 5.74) is 8.23. The third-order valence-corrected chi connectivity index (χ3v) is 9.13. The first-order valence-electron chi connectivity index (χ1n) is 15.9. The maximum absolute atomic E-state index is 6.25. The van der Waals surface area contributed by atoms with Crippen molar-refractivity contribution in [3.05, 3.63) is 152 Å². The third kappa shape index (κ3) is 4.22. The van der Waals surface area contributed by atoms with Crippen molar-refractivity contribution in [2.24, 2.45) is 0 Å². The lowest BCUT2D eigenvalue weighted by Crippen LogP contribution is -2.01. The van der Waals surface area contributed by atoms with Gasteiger partial charge in [0.2, 0.25) is 0 Å². The molecule has 3 aromatic heterocycles. The Morgan fingerprint density at radius 1 is 0.333 bits per heavy atom. The molecule has 5 nitrogen and oxygen atoms in total. The molecule has 0 bridgehead atoms. The van der Waals surface area contributed by atoms with Crippen molar-refractivity contribution < 1.29 is 8.83 Å². The highest BCUT2D eigenvalue weighted by Crippen LogP contribution is 2.38. The molecule has 0 aliphatic heterocycles. The van der Waals surface area contributed by atoms with Crippen LogP contribution in [0.15, 0.2) is 160 Å². The van der Waals surface area contributed by atoms with Crippen LogP contribution in [0.3, 0.4) is 0 Å². The van der Waals surface area contributed by atoms with Gasteiger partial charge in [-0.1, -0.05) is 115 Å². The molecule has 10 rings (SSSR count). The molecule has 0 aliphatic carbocycles. The number of fused-ring (bicyclic) bond motifs is 7. The smallest absolute Gasteiger partial charge is 0.164 e. The molecule has 0 fully saturated rings. The number of rotatable bonds is 4. The molecule has 48 heavy (non-hydrogen) atoms. The Kier molecular flexibility index (Phi) is 5.81. The van der Waals surface area contributed by atoms with Gasteiger partial charge in [0.1, 0.15) is 22.3 Å². The molecule has 5 heteroatoms. The van der Waals surface area contributed by atoms with Crippen molar-refractivity contribution in [2.45, 2.75) is 0 Å². The minimum absolute atomic E-state index is 0.586. The molecule has 0 radical (unpaired) electrons. The zero-order valence-electron chi connectivity index (χ0n) is 25.6. The minimum atomic E-state index is 0.586. The van der Waals surface area contributed by atoms with Crippen LogP contribution in [0.2, 0.25) is 0 Å². The zero-order chi connectivity index (χ0) is 31.6. The summed E-state index contributed by atoms with van der Waals surface area (Å²) in [7, 11) is 0. The summed E-state index contributed by atoms with van der Waals surface area (Å²) in [6, 6.07) is 51.6. The van der Waals surface area contributed by atoms with Crippen LogP contribution in [0, 0.1) is 0 Å². The van der Waals surface area contributed by atoms with E-state index in [1.165, 1.54) is 0 Å². The first-order chi connectivity index (χ1) is 23.8. The number of aromatic nitrogens is 3. The molecule has 3 heterocycles. The molecule has 0 N–H and O–H groups in total. The van der Waals surface area contributed by atoms with Crippen molar-refractivity contribution in [3.8, 4) is 45.3 Å². The molecule has 0 atom stereocenters. The van der Waals surface area contributed by atoms with Crippen molar-refractivity contribution in [3.63, 3.8) is 0 Å². The summed E-state index contributed by atoms with van der Waals surface area (Å²) in [5.74, 6) is 1.78. The minimum Gasteiger partial charge on any atom is -0.456 e. The fourth-order valence-electron chi connectivity index (χ4n) is 6.86. The second-order valence-electron chi connectivity index (χ2n) is 12.0. The van der Waals surface area contributed by atoms with Crippen molar-refractivity contribution in [1.82, 2.24) is 15.0 Å². The SMILES string of the molecule is c1ccc(-c2ccccc2-c2nc(-c3ccc4cc5c(cc4c3)oc3ccccc35)nc(-c3cccc4oc5ccccc5c34)n2)cc1. The van der Waals surface area contributed by atoms with Crippen LogP contribution in [-0.4, -0.2) is 15.0 Å². The number of nitrogens with zero attached hydrogens (tertiary/aromatic N) is 3. The van der Waals surface area contributed by atoms with E-state index in [0.29, 0.717) is 17.5 Å². The summed E-state index contributed by atoms with van der Waals surface area (Å²) in [6.07, 6.45) is 0. The van der Waals surface area contributed by atoms with E-state index in [0.717, 1.165) is 82.5 Å². The van der Waals surface area contributed by atoms with Gasteiger partial charge in [-0.25, -0.2) is 15.0 Å². The highest BCUT2D eigenvalue weighted by Gasteiger charge is 2.19. The maximum Gasteiger partial charge on any atom is 0.164 e. The Morgan fingerprint density at radius 3 is 1.81 bits per heavy atom. The molecular formula is C43H25N3O2. The average Bonchev–Trinajstić information content (AvgIpc) is 3.72. The topological polar surface area (TPSA) is 65.0 Å². The van der Waals surface area contributed by atoms with Crippen LogP contribution < -0.4 is 0 Å². The molecule has 7 aromatic carbocycles. The van der Waals surface area contributed by atoms with Crippen LogP contribution in [-0.2, 0) is 0 Å². The zero-order valence-corrected chi connectivity index (χ0v) is 25.6. The largest absolute Gasteiger partial charge is 0.456 e. The molecule has 0 saturated carbocycles. The second-order valence-corrected chi connectivity index (χ2v) is 12.0. The average molecular weight is 616 g/mol. The molecular weight excluding hydrogens is 590 g/mol. The number of furan rings is 2. The normalized spacial score (nSPS) is 11.8. The summed E-state index contributed by atoms with van der Waals surface area (Å²) >= 11 is 0. The van der Waals surface area contributed by atoms with Crippen molar-refractivity contribution in [2.75, 3.05) is 0 Å². The Hall–Kier alpha value is -6.59. The standard InChI is InChI=1S/C43H25N3O2/c1-2-11-26(12-3-1)30-13-4-5-15-32(30)42-44-41(45-43(46-42)34-17-10-20-38-40(34)33-16-7-9-19-37(33)47-38)28-22-21-27-24-35-31-14-6-8-18-36(31)48-39(35)25-29(27)23-28/h1-25H. The van der Waals surface area contributed by atoms with E-state index in [1.54, 1.807) is 0 Å². The van der Waals surface area contributed by atoms with E-state index in [-0.39, 0.29) is 0 Å². The molecule has 0 spiro atoms. The Morgan fingerprint density at radius 2 is 0.958 bits per heavy atom. The van der Waals surface area contributed by atoms with Crippen LogP contribution in [0.25, 0.3) is 99.9 Å². The van der Waals surface area contributed by atoms with Gasteiger partial charge in [0, 0.05) is 38.2 Å². The fraction of sp³-hybridized carbons (Fsp3) is 0. The van der Waals surface area contributed by atoms with Gasteiger partial charge in [-0.15, -0.1) is 0 Å². The van der Waals surface area contributed by atoms with Gasteiger partial charge >= 0.3 is 0 Å². The quantitative estimate of drug-likeness (QED) is 0.197. The van der Waals surface area contributed by atoms with Gasteiger partial charge < -0.3 is 8.83 Å². The molecule has 0 unspecified atom stereocenters. The highest BCUT2D eigenvalue weighted by atomic mass is 16.3. The van der Waals surface area contributed by atoms with Gasteiger partial charge in [0.05, 0.1) is 0 Å². The van der Waals surface area contributed by atoms with Crippen LogP contribution in [0.4, 0.5) is 0 Å². The lowest BCUT2D eigenvalue weighted by Gasteiger charge is -2.12. The molecule has 224 valence electrons. The Balaban J connectivity index is 1.22. The van der Waals surface area contributed by atoms with E-state index in [9.17, 15) is 0 Å². The van der Waals surface area contributed by atoms with E-state index in [2.05, 4.69) is 91.0 Å². The molecule has 0 amide bonds. The third-order valence-electron chi connectivity index (χ3n) is 9.13.